The zero-order valence-electron chi connectivity index (χ0n) is 15.0. The molecule has 1 fully saturated rings. The van der Waals surface area contributed by atoms with Gasteiger partial charge in [0.05, 0.1) is 6.54 Å². The first kappa shape index (κ1) is 18.5. The number of likely N-dealkylation sites (N-methyl/N-ethyl adjacent to an activating group) is 1. The molecule has 132 valence electrons. The van der Waals surface area contributed by atoms with Gasteiger partial charge in [0.25, 0.3) is 0 Å². The topological polar surface area (TPSA) is 61.4 Å². The van der Waals surface area contributed by atoms with Crippen molar-refractivity contribution in [2.75, 3.05) is 31.5 Å². The third-order valence-corrected chi connectivity index (χ3v) is 4.74. The predicted molar refractivity (Wildman–Crippen MR) is 97.0 cm³/mol. The number of carbonyl (C=O) groups is 2. The van der Waals surface area contributed by atoms with E-state index < -0.39 is 0 Å². The van der Waals surface area contributed by atoms with Crippen LogP contribution >= 0.6 is 0 Å². The number of nitrogens with zero attached hydrogens (tertiary/aromatic N) is 1. The van der Waals surface area contributed by atoms with Crippen molar-refractivity contribution in [1.29, 1.82) is 0 Å². The number of anilines is 1. The maximum absolute atomic E-state index is 12.4. The van der Waals surface area contributed by atoms with E-state index in [0.29, 0.717) is 18.9 Å². The Bertz CT molecular complexity index is 560. The number of rotatable bonds is 7. The lowest BCUT2D eigenvalue weighted by atomic mass is 10.0. The fourth-order valence-corrected chi connectivity index (χ4v) is 3.19. The summed E-state index contributed by atoms with van der Waals surface area (Å²) in [7, 11) is 0. The predicted octanol–water partition coefficient (Wildman–Crippen LogP) is 2.48. The quantitative estimate of drug-likeness (QED) is 0.807. The summed E-state index contributed by atoms with van der Waals surface area (Å²) in [6.45, 7) is 8.60. The number of hydrogen-bond donors (Lipinski definition) is 2. The van der Waals surface area contributed by atoms with E-state index in [9.17, 15) is 9.59 Å². The van der Waals surface area contributed by atoms with E-state index in [1.165, 1.54) is 0 Å². The molecule has 0 radical (unpaired) electrons. The average molecular weight is 331 g/mol. The Morgan fingerprint density at radius 2 is 2.00 bits per heavy atom. The Morgan fingerprint density at radius 3 is 2.58 bits per heavy atom. The second kappa shape index (κ2) is 8.83. The van der Waals surface area contributed by atoms with Gasteiger partial charge in [-0.3, -0.25) is 9.59 Å². The maximum atomic E-state index is 12.4. The summed E-state index contributed by atoms with van der Waals surface area (Å²) in [6, 6.07) is 5.92. The van der Waals surface area contributed by atoms with Crippen molar-refractivity contribution >= 4 is 17.5 Å². The van der Waals surface area contributed by atoms with Crippen LogP contribution in [0, 0.1) is 19.8 Å². The number of nitrogens with one attached hydrogen (secondary N) is 2. The lowest BCUT2D eigenvalue weighted by Crippen LogP contribution is -2.38. The van der Waals surface area contributed by atoms with Crippen molar-refractivity contribution < 1.29 is 9.59 Å². The van der Waals surface area contributed by atoms with Gasteiger partial charge in [0.15, 0.2) is 0 Å². The lowest BCUT2D eigenvalue weighted by molar-refractivity contribution is -0.134. The number of hydrogen-bond acceptors (Lipinski definition) is 3. The van der Waals surface area contributed by atoms with Crippen LogP contribution in [0.3, 0.4) is 0 Å². The van der Waals surface area contributed by atoms with Gasteiger partial charge in [0, 0.05) is 18.7 Å². The molecule has 2 amide bonds. The molecule has 1 saturated heterocycles. The van der Waals surface area contributed by atoms with Crippen LogP contribution in [0.5, 0.6) is 0 Å². The van der Waals surface area contributed by atoms with Gasteiger partial charge in [-0.1, -0.05) is 18.2 Å². The molecule has 24 heavy (non-hydrogen) atoms. The van der Waals surface area contributed by atoms with E-state index in [1.807, 2.05) is 39.0 Å². The van der Waals surface area contributed by atoms with Crippen molar-refractivity contribution in [3.8, 4) is 0 Å². The SMILES string of the molecule is CCN(CC(=O)Nc1c(C)cccc1C)C(=O)CCC1CCNC1. The van der Waals surface area contributed by atoms with E-state index in [-0.39, 0.29) is 18.4 Å². The third kappa shape index (κ3) is 5.06. The molecule has 2 N–H and O–H groups in total. The summed E-state index contributed by atoms with van der Waals surface area (Å²) >= 11 is 0. The summed E-state index contributed by atoms with van der Waals surface area (Å²) in [5.41, 5.74) is 2.92. The van der Waals surface area contributed by atoms with Gasteiger partial charge in [0.1, 0.15) is 0 Å². The summed E-state index contributed by atoms with van der Waals surface area (Å²) in [5, 5.41) is 6.27. The van der Waals surface area contributed by atoms with Gasteiger partial charge >= 0.3 is 0 Å². The Labute approximate surface area is 144 Å². The molecule has 5 nitrogen and oxygen atoms in total. The number of amides is 2. The van der Waals surface area contributed by atoms with Crippen LogP contribution in [0.15, 0.2) is 18.2 Å². The number of carbonyl (C=O) groups excluding carboxylic acids is 2. The molecule has 1 atom stereocenters. The summed E-state index contributed by atoms with van der Waals surface area (Å²) < 4.78 is 0. The van der Waals surface area contributed by atoms with Gasteiger partial charge in [-0.2, -0.15) is 0 Å². The molecule has 0 aliphatic carbocycles. The molecule has 0 saturated carbocycles. The molecule has 1 aliphatic heterocycles. The molecule has 5 heteroatoms. The highest BCUT2D eigenvalue weighted by Gasteiger charge is 2.20. The van der Waals surface area contributed by atoms with E-state index in [1.54, 1.807) is 4.90 Å². The lowest BCUT2D eigenvalue weighted by Gasteiger charge is -2.22. The van der Waals surface area contributed by atoms with Crippen molar-refractivity contribution in [2.24, 2.45) is 5.92 Å². The standard InChI is InChI=1S/C19H29N3O2/c1-4-22(18(24)9-8-16-10-11-20-12-16)13-17(23)21-19-14(2)6-5-7-15(19)3/h5-7,16,20H,4,8-13H2,1-3H3,(H,21,23). The first-order valence-electron chi connectivity index (χ1n) is 8.85. The fourth-order valence-electron chi connectivity index (χ4n) is 3.19. The van der Waals surface area contributed by atoms with Gasteiger partial charge in [0.2, 0.25) is 11.8 Å². The van der Waals surface area contributed by atoms with Crippen LogP contribution in [0.25, 0.3) is 0 Å². The third-order valence-electron chi connectivity index (χ3n) is 4.74. The molecule has 0 bridgehead atoms. The van der Waals surface area contributed by atoms with Crippen LogP contribution in [-0.4, -0.2) is 42.9 Å². The summed E-state index contributed by atoms with van der Waals surface area (Å²) in [4.78, 5) is 26.4. The average Bonchev–Trinajstić information content (AvgIpc) is 3.07. The molecule has 1 aromatic rings. The maximum Gasteiger partial charge on any atom is 0.244 e. The van der Waals surface area contributed by atoms with Crippen LogP contribution < -0.4 is 10.6 Å². The zero-order valence-corrected chi connectivity index (χ0v) is 15.0. The second-order valence-electron chi connectivity index (χ2n) is 6.62. The van der Waals surface area contributed by atoms with Crippen molar-refractivity contribution in [3.05, 3.63) is 29.3 Å². The van der Waals surface area contributed by atoms with Crippen molar-refractivity contribution in [1.82, 2.24) is 10.2 Å². The van der Waals surface area contributed by atoms with Crippen LogP contribution in [-0.2, 0) is 9.59 Å². The largest absolute Gasteiger partial charge is 0.334 e. The van der Waals surface area contributed by atoms with E-state index in [4.69, 9.17) is 0 Å². The molecule has 2 rings (SSSR count). The van der Waals surface area contributed by atoms with E-state index in [0.717, 1.165) is 42.7 Å². The van der Waals surface area contributed by atoms with E-state index >= 15 is 0 Å². The molecular weight excluding hydrogens is 302 g/mol. The van der Waals surface area contributed by atoms with Crippen LogP contribution in [0.1, 0.15) is 37.3 Å². The van der Waals surface area contributed by atoms with Gasteiger partial charge in [-0.05, 0) is 63.7 Å². The minimum absolute atomic E-state index is 0.0704. The van der Waals surface area contributed by atoms with Gasteiger partial charge in [-0.25, -0.2) is 0 Å². The molecule has 1 heterocycles. The van der Waals surface area contributed by atoms with Gasteiger partial charge < -0.3 is 15.5 Å². The molecule has 0 aromatic heterocycles. The monoisotopic (exact) mass is 331 g/mol. The molecule has 1 aromatic carbocycles. The summed E-state index contributed by atoms with van der Waals surface area (Å²) in [6.07, 6.45) is 2.57. The highest BCUT2D eigenvalue weighted by Crippen LogP contribution is 2.19. The number of para-hydroxylation sites is 1. The second-order valence-corrected chi connectivity index (χ2v) is 6.62. The highest BCUT2D eigenvalue weighted by atomic mass is 16.2. The summed E-state index contributed by atoms with van der Waals surface area (Å²) in [5.74, 6) is 0.530. The Balaban J connectivity index is 1.86. The zero-order chi connectivity index (χ0) is 17.5. The van der Waals surface area contributed by atoms with Crippen LogP contribution in [0.4, 0.5) is 5.69 Å². The van der Waals surface area contributed by atoms with Crippen molar-refractivity contribution in [3.63, 3.8) is 0 Å². The minimum atomic E-state index is -0.134. The first-order valence-corrected chi connectivity index (χ1v) is 8.85. The normalized spacial score (nSPS) is 16.9. The molecule has 1 unspecified atom stereocenters. The molecule has 1 aliphatic rings. The van der Waals surface area contributed by atoms with Crippen molar-refractivity contribution in [2.45, 2.75) is 40.0 Å². The fraction of sp³-hybridized carbons (Fsp3) is 0.579. The van der Waals surface area contributed by atoms with Crippen LogP contribution in [0.2, 0.25) is 0 Å². The Hall–Kier alpha value is -1.88. The number of aryl methyl sites for hydroxylation is 2. The Morgan fingerprint density at radius 1 is 1.29 bits per heavy atom. The number of benzene rings is 1. The van der Waals surface area contributed by atoms with E-state index in [2.05, 4.69) is 10.6 Å². The Kier molecular flexibility index (Phi) is 6.79. The molecule has 0 spiro atoms. The highest BCUT2D eigenvalue weighted by molar-refractivity contribution is 5.95. The minimum Gasteiger partial charge on any atom is -0.334 e. The smallest absolute Gasteiger partial charge is 0.244 e. The first-order chi connectivity index (χ1) is 11.5. The molecular formula is C19H29N3O2. The van der Waals surface area contributed by atoms with Gasteiger partial charge in [-0.15, -0.1) is 0 Å².